The first-order valence-electron chi connectivity index (χ1n) is 7.92. The van der Waals surface area contributed by atoms with Crippen molar-refractivity contribution < 1.29 is 9.32 Å². The summed E-state index contributed by atoms with van der Waals surface area (Å²) in [6.07, 6.45) is 5.48. The average Bonchev–Trinajstić information content (AvgIpc) is 3.23. The standard InChI is InChI=1S/C16H21N3O2S/c1-2-13-5-3-4-9-19(13)15(20)7-6-14-17-16(18-21-14)12-8-10-22-11-12/h8,10-11,13H,2-7,9H2,1H3/t13-/m0/s1. The molecule has 6 heteroatoms. The van der Waals surface area contributed by atoms with Crippen LogP contribution in [0.25, 0.3) is 11.4 Å². The van der Waals surface area contributed by atoms with Crippen LogP contribution in [-0.2, 0) is 11.2 Å². The van der Waals surface area contributed by atoms with Gasteiger partial charge in [-0.15, -0.1) is 0 Å². The molecular weight excluding hydrogens is 298 g/mol. The highest BCUT2D eigenvalue weighted by Crippen LogP contribution is 2.22. The monoisotopic (exact) mass is 319 g/mol. The normalized spacial score (nSPS) is 18.6. The highest BCUT2D eigenvalue weighted by atomic mass is 32.1. The fourth-order valence-electron chi connectivity index (χ4n) is 2.98. The van der Waals surface area contributed by atoms with Crippen molar-refractivity contribution in [3.05, 3.63) is 22.7 Å². The number of nitrogens with zero attached hydrogens (tertiary/aromatic N) is 3. The minimum atomic E-state index is 0.210. The molecule has 3 rings (SSSR count). The van der Waals surface area contributed by atoms with Gasteiger partial charge < -0.3 is 9.42 Å². The van der Waals surface area contributed by atoms with Gasteiger partial charge in [0, 0.05) is 36.4 Å². The van der Waals surface area contributed by atoms with Crippen molar-refractivity contribution >= 4 is 17.2 Å². The van der Waals surface area contributed by atoms with Gasteiger partial charge in [-0.05, 0) is 37.1 Å². The summed E-state index contributed by atoms with van der Waals surface area (Å²) < 4.78 is 5.25. The predicted molar refractivity (Wildman–Crippen MR) is 85.6 cm³/mol. The Hall–Kier alpha value is -1.69. The molecule has 118 valence electrons. The SMILES string of the molecule is CC[C@H]1CCCCN1C(=O)CCc1nc(-c2ccsc2)no1. The fourth-order valence-corrected chi connectivity index (χ4v) is 3.61. The van der Waals surface area contributed by atoms with Gasteiger partial charge in [-0.2, -0.15) is 16.3 Å². The Morgan fingerprint density at radius 2 is 2.41 bits per heavy atom. The number of likely N-dealkylation sites (tertiary alicyclic amines) is 1. The lowest BCUT2D eigenvalue weighted by Gasteiger charge is -2.35. The smallest absolute Gasteiger partial charge is 0.227 e. The quantitative estimate of drug-likeness (QED) is 0.846. The lowest BCUT2D eigenvalue weighted by molar-refractivity contribution is -0.135. The number of aromatic nitrogens is 2. The Morgan fingerprint density at radius 3 is 3.18 bits per heavy atom. The Balaban J connectivity index is 1.57. The number of amides is 1. The number of hydrogen-bond donors (Lipinski definition) is 0. The van der Waals surface area contributed by atoms with Crippen LogP contribution in [0.3, 0.4) is 0 Å². The van der Waals surface area contributed by atoms with E-state index in [2.05, 4.69) is 17.1 Å². The molecule has 1 saturated heterocycles. The maximum Gasteiger partial charge on any atom is 0.227 e. The van der Waals surface area contributed by atoms with Crippen molar-refractivity contribution in [2.45, 2.75) is 51.5 Å². The van der Waals surface area contributed by atoms with Crippen molar-refractivity contribution in [2.24, 2.45) is 0 Å². The summed E-state index contributed by atoms with van der Waals surface area (Å²) in [7, 11) is 0. The van der Waals surface area contributed by atoms with E-state index in [0.29, 0.717) is 30.6 Å². The van der Waals surface area contributed by atoms with Gasteiger partial charge in [0.1, 0.15) is 0 Å². The van der Waals surface area contributed by atoms with E-state index < -0.39 is 0 Å². The van der Waals surface area contributed by atoms with E-state index in [1.807, 2.05) is 21.7 Å². The molecule has 1 aliphatic rings. The highest BCUT2D eigenvalue weighted by molar-refractivity contribution is 7.08. The molecule has 5 nitrogen and oxygen atoms in total. The van der Waals surface area contributed by atoms with Crippen LogP contribution >= 0.6 is 11.3 Å². The van der Waals surface area contributed by atoms with Gasteiger partial charge in [-0.25, -0.2) is 0 Å². The van der Waals surface area contributed by atoms with E-state index in [-0.39, 0.29) is 5.91 Å². The van der Waals surface area contributed by atoms with Crippen LogP contribution in [0.5, 0.6) is 0 Å². The number of thiophene rings is 1. The Bertz CT molecular complexity index is 609. The Kier molecular flexibility index (Phi) is 4.87. The lowest BCUT2D eigenvalue weighted by atomic mass is 9.99. The molecule has 3 heterocycles. The molecule has 0 unspecified atom stereocenters. The first kappa shape index (κ1) is 15.2. The molecule has 2 aromatic heterocycles. The van der Waals surface area contributed by atoms with Crippen molar-refractivity contribution in [3.8, 4) is 11.4 Å². The zero-order valence-corrected chi connectivity index (χ0v) is 13.6. The molecule has 1 aliphatic heterocycles. The van der Waals surface area contributed by atoms with Crippen LogP contribution in [0.4, 0.5) is 0 Å². The number of piperidine rings is 1. The van der Waals surface area contributed by atoms with Gasteiger partial charge in [-0.3, -0.25) is 4.79 Å². The summed E-state index contributed by atoms with van der Waals surface area (Å²) in [4.78, 5) is 18.8. The fraction of sp³-hybridized carbons (Fsp3) is 0.562. The highest BCUT2D eigenvalue weighted by Gasteiger charge is 2.25. The van der Waals surface area contributed by atoms with E-state index in [4.69, 9.17) is 4.52 Å². The van der Waals surface area contributed by atoms with Crippen LogP contribution in [0.1, 0.15) is 44.9 Å². The summed E-state index contributed by atoms with van der Waals surface area (Å²) in [6.45, 7) is 3.04. The first-order chi connectivity index (χ1) is 10.8. The molecule has 22 heavy (non-hydrogen) atoms. The second kappa shape index (κ2) is 7.05. The minimum Gasteiger partial charge on any atom is -0.340 e. The van der Waals surface area contributed by atoms with Crippen molar-refractivity contribution in [2.75, 3.05) is 6.54 Å². The maximum absolute atomic E-state index is 12.4. The molecule has 1 amide bonds. The molecule has 0 radical (unpaired) electrons. The topological polar surface area (TPSA) is 59.2 Å². The van der Waals surface area contributed by atoms with Gasteiger partial charge in [0.2, 0.25) is 17.6 Å². The van der Waals surface area contributed by atoms with Gasteiger partial charge in [0.25, 0.3) is 0 Å². The number of carbonyl (C=O) groups is 1. The third-order valence-corrected chi connectivity index (χ3v) is 4.90. The van der Waals surface area contributed by atoms with Crippen LogP contribution in [-0.4, -0.2) is 33.5 Å². The van der Waals surface area contributed by atoms with E-state index in [1.54, 1.807) is 11.3 Å². The summed E-state index contributed by atoms with van der Waals surface area (Å²) >= 11 is 1.60. The van der Waals surface area contributed by atoms with Crippen LogP contribution in [0, 0.1) is 0 Å². The Labute approximate surface area is 134 Å². The number of aryl methyl sites for hydroxylation is 1. The molecule has 0 aliphatic carbocycles. The number of rotatable bonds is 5. The molecule has 0 bridgehead atoms. The minimum absolute atomic E-state index is 0.210. The molecular formula is C16H21N3O2S. The van der Waals surface area contributed by atoms with Crippen molar-refractivity contribution in [3.63, 3.8) is 0 Å². The molecule has 0 N–H and O–H groups in total. The second-order valence-corrected chi connectivity index (χ2v) is 6.45. The van der Waals surface area contributed by atoms with E-state index >= 15 is 0 Å². The van der Waals surface area contributed by atoms with E-state index in [1.165, 1.54) is 6.42 Å². The molecule has 2 aromatic rings. The Morgan fingerprint density at radius 1 is 1.50 bits per heavy atom. The van der Waals surface area contributed by atoms with Crippen molar-refractivity contribution in [1.29, 1.82) is 0 Å². The maximum atomic E-state index is 12.4. The van der Waals surface area contributed by atoms with Gasteiger partial charge in [0.05, 0.1) is 0 Å². The zero-order chi connectivity index (χ0) is 15.4. The molecule has 0 aromatic carbocycles. The summed E-state index contributed by atoms with van der Waals surface area (Å²) in [5.74, 6) is 1.36. The molecule has 0 saturated carbocycles. The average molecular weight is 319 g/mol. The first-order valence-corrected chi connectivity index (χ1v) is 8.87. The van der Waals surface area contributed by atoms with Crippen LogP contribution in [0.2, 0.25) is 0 Å². The van der Waals surface area contributed by atoms with Crippen LogP contribution < -0.4 is 0 Å². The summed E-state index contributed by atoms with van der Waals surface area (Å²) in [6, 6.07) is 2.37. The summed E-state index contributed by atoms with van der Waals surface area (Å²) in [5.41, 5.74) is 0.966. The zero-order valence-electron chi connectivity index (χ0n) is 12.8. The predicted octanol–water partition coefficient (Wildman–Crippen LogP) is 3.52. The largest absolute Gasteiger partial charge is 0.340 e. The van der Waals surface area contributed by atoms with Crippen LogP contribution in [0.15, 0.2) is 21.3 Å². The molecule has 1 fully saturated rings. The third-order valence-electron chi connectivity index (χ3n) is 4.22. The molecule has 0 spiro atoms. The van der Waals surface area contributed by atoms with Crippen molar-refractivity contribution in [1.82, 2.24) is 15.0 Å². The number of hydrogen-bond acceptors (Lipinski definition) is 5. The van der Waals surface area contributed by atoms with Gasteiger partial charge >= 0.3 is 0 Å². The van der Waals surface area contributed by atoms with Gasteiger partial charge in [-0.1, -0.05) is 12.1 Å². The number of carbonyl (C=O) groups excluding carboxylic acids is 1. The summed E-state index contributed by atoms with van der Waals surface area (Å²) in [5, 5.41) is 7.94. The van der Waals surface area contributed by atoms with E-state index in [9.17, 15) is 4.79 Å². The second-order valence-electron chi connectivity index (χ2n) is 5.67. The van der Waals surface area contributed by atoms with E-state index in [0.717, 1.165) is 31.4 Å². The lowest BCUT2D eigenvalue weighted by Crippen LogP contribution is -2.43. The van der Waals surface area contributed by atoms with Gasteiger partial charge in [0.15, 0.2) is 0 Å². The third kappa shape index (κ3) is 3.38. The molecule has 1 atom stereocenters.